The van der Waals surface area contributed by atoms with Crippen LogP contribution in [0, 0.1) is 5.41 Å². The Hall–Kier alpha value is -1.97. The number of hydrogen-bond acceptors (Lipinski definition) is 2. The average molecular weight is 259 g/mol. The smallest absolute Gasteiger partial charge is 0.297 e. The molecule has 0 aliphatic carbocycles. The highest BCUT2D eigenvalue weighted by molar-refractivity contribution is 5.95. The molecular formula is C15H19N2O2+. The predicted octanol–water partition coefficient (Wildman–Crippen LogP) is 1.80. The number of amides is 2. The summed E-state index contributed by atoms with van der Waals surface area (Å²) < 4.78 is 1.64. The van der Waals surface area contributed by atoms with Crippen LogP contribution in [0.15, 0.2) is 30.3 Å². The van der Waals surface area contributed by atoms with E-state index in [-0.39, 0.29) is 29.8 Å². The van der Waals surface area contributed by atoms with Crippen LogP contribution in [0.3, 0.4) is 0 Å². The highest BCUT2D eigenvalue weighted by atomic mass is 16.2. The van der Waals surface area contributed by atoms with Gasteiger partial charge in [0.25, 0.3) is 0 Å². The van der Waals surface area contributed by atoms with E-state index in [1.165, 1.54) is 0 Å². The maximum atomic E-state index is 12.5. The molecule has 0 unspecified atom stereocenters. The molecular weight excluding hydrogens is 240 g/mol. The first-order valence-corrected chi connectivity index (χ1v) is 6.40. The average Bonchev–Trinajstić information content (AvgIpc) is 2.38. The first-order chi connectivity index (χ1) is 8.89. The topological polar surface area (TPSA) is 49.2 Å². The number of benzene rings is 1. The van der Waals surface area contributed by atoms with Gasteiger partial charge < -0.3 is 0 Å². The zero-order chi connectivity index (χ0) is 14.0. The van der Waals surface area contributed by atoms with Crippen LogP contribution in [0.25, 0.3) is 0 Å². The first kappa shape index (κ1) is 13.5. The Bertz CT molecular complexity index is 527. The molecule has 19 heavy (non-hydrogen) atoms. The molecule has 2 amide bonds. The lowest BCUT2D eigenvalue weighted by atomic mass is 9.90. The minimum atomic E-state index is -0.318. The lowest BCUT2D eigenvalue weighted by Gasteiger charge is -2.29. The van der Waals surface area contributed by atoms with E-state index < -0.39 is 0 Å². The van der Waals surface area contributed by atoms with Gasteiger partial charge in [-0.3, -0.25) is 10.1 Å². The van der Waals surface area contributed by atoms with Gasteiger partial charge in [0.15, 0.2) is 6.21 Å². The molecule has 1 aliphatic heterocycles. The molecule has 0 saturated carbocycles. The van der Waals surface area contributed by atoms with Gasteiger partial charge in [0, 0.05) is 5.41 Å². The standard InChI is InChI=1S/C15H18N2O2/c1-15(2,3)14-16-12(18)9-10-17(14)13(19)11-7-5-4-6-8-11/h4-8,10,14H,9H2,1-3H3/p+1/t14-/m0/s1. The van der Waals surface area contributed by atoms with E-state index >= 15 is 0 Å². The summed E-state index contributed by atoms with van der Waals surface area (Å²) >= 11 is 0. The van der Waals surface area contributed by atoms with Crippen LogP contribution in [-0.4, -0.2) is 28.8 Å². The molecule has 100 valence electrons. The summed E-state index contributed by atoms with van der Waals surface area (Å²) in [6.45, 7) is 6.01. The molecule has 1 aromatic rings. The number of nitrogens with one attached hydrogen (secondary N) is 1. The summed E-state index contributed by atoms with van der Waals surface area (Å²) in [6, 6.07) is 9.11. The second kappa shape index (κ2) is 4.96. The van der Waals surface area contributed by atoms with Gasteiger partial charge in [0.05, 0.1) is 5.56 Å². The first-order valence-electron chi connectivity index (χ1n) is 6.40. The fourth-order valence-electron chi connectivity index (χ4n) is 2.13. The molecule has 0 fully saturated rings. The molecule has 0 bridgehead atoms. The van der Waals surface area contributed by atoms with Gasteiger partial charge in [-0.25, -0.2) is 4.79 Å². The van der Waals surface area contributed by atoms with Crippen molar-refractivity contribution in [2.75, 3.05) is 0 Å². The lowest BCUT2D eigenvalue weighted by molar-refractivity contribution is -0.496. The Morgan fingerprint density at radius 1 is 1.26 bits per heavy atom. The second-order valence-corrected chi connectivity index (χ2v) is 5.80. The van der Waals surface area contributed by atoms with Gasteiger partial charge >= 0.3 is 5.91 Å². The van der Waals surface area contributed by atoms with E-state index in [0.29, 0.717) is 5.56 Å². The number of hydrogen-bond donors (Lipinski definition) is 1. The summed E-state index contributed by atoms with van der Waals surface area (Å²) in [5.74, 6) is -0.127. The highest BCUT2D eigenvalue weighted by Gasteiger charge is 2.42. The Morgan fingerprint density at radius 2 is 1.89 bits per heavy atom. The Morgan fingerprint density at radius 3 is 2.47 bits per heavy atom. The third-order valence-electron chi connectivity index (χ3n) is 3.12. The number of carbonyl (C=O) groups is 2. The molecule has 1 aromatic carbocycles. The van der Waals surface area contributed by atoms with E-state index in [1.54, 1.807) is 22.9 Å². The molecule has 0 aromatic heterocycles. The number of carbonyl (C=O) groups excluding carboxylic acids is 2. The van der Waals surface area contributed by atoms with Gasteiger partial charge in [0.2, 0.25) is 12.1 Å². The number of rotatable bonds is 1. The summed E-state index contributed by atoms with van der Waals surface area (Å²) in [5, 5.41) is 2.89. The zero-order valence-electron chi connectivity index (χ0n) is 11.5. The van der Waals surface area contributed by atoms with E-state index in [9.17, 15) is 9.59 Å². The Labute approximate surface area is 113 Å². The molecule has 1 N–H and O–H groups in total. The van der Waals surface area contributed by atoms with Crippen molar-refractivity contribution in [3.8, 4) is 0 Å². The van der Waals surface area contributed by atoms with Crippen molar-refractivity contribution in [3.63, 3.8) is 0 Å². The van der Waals surface area contributed by atoms with Crippen molar-refractivity contribution in [1.82, 2.24) is 5.32 Å². The normalized spacial score (nSPS) is 19.6. The van der Waals surface area contributed by atoms with Crippen LogP contribution in [0.1, 0.15) is 37.6 Å². The third-order valence-corrected chi connectivity index (χ3v) is 3.12. The fraction of sp³-hybridized carbons (Fsp3) is 0.400. The van der Waals surface area contributed by atoms with Gasteiger partial charge in [-0.2, -0.15) is 0 Å². The predicted molar refractivity (Wildman–Crippen MR) is 73.1 cm³/mol. The van der Waals surface area contributed by atoms with Gasteiger partial charge in [0.1, 0.15) is 6.42 Å². The molecule has 1 aliphatic rings. The SMILES string of the molecule is CC(C)(C)[C@H]1NC(=O)CC=[N+]1C(=O)c1ccccc1. The second-order valence-electron chi connectivity index (χ2n) is 5.80. The number of nitrogens with zero attached hydrogens (tertiary/aromatic N) is 1. The molecule has 0 spiro atoms. The minimum Gasteiger partial charge on any atom is -0.297 e. The van der Waals surface area contributed by atoms with Crippen LogP contribution in [0.5, 0.6) is 0 Å². The van der Waals surface area contributed by atoms with Crippen LogP contribution in [0.2, 0.25) is 0 Å². The molecule has 0 radical (unpaired) electrons. The monoisotopic (exact) mass is 259 g/mol. The quantitative estimate of drug-likeness (QED) is 0.782. The van der Waals surface area contributed by atoms with E-state index in [1.807, 2.05) is 39.0 Å². The van der Waals surface area contributed by atoms with Crippen molar-refractivity contribution in [1.29, 1.82) is 0 Å². The highest BCUT2D eigenvalue weighted by Crippen LogP contribution is 2.22. The van der Waals surface area contributed by atoms with Crippen molar-refractivity contribution in [2.24, 2.45) is 5.41 Å². The molecule has 1 atom stereocenters. The molecule has 4 heteroatoms. The van der Waals surface area contributed by atoms with Crippen LogP contribution >= 0.6 is 0 Å². The molecule has 0 saturated heterocycles. The minimum absolute atomic E-state index is 0.0444. The maximum absolute atomic E-state index is 12.5. The van der Waals surface area contributed by atoms with Crippen LogP contribution in [0.4, 0.5) is 0 Å². The summed E-state index contributed by atoms with van der Waals surface area (Å²) in [4.78, 5) is 24.1. The zero-order valence-corrected chi connectivity index (χ0v) is 11.5. The third kappa shape index (κ3) is 2.89. The fourth-order valence-corrected chi connectivity index (χ4v) is 2.13. The van der Waals surface area contributed by atoms with Crippen molar-refractivity contribution < 1.29 is 14.2 Å². The molecule has 1 heterocycles. The van der Waals surface area contributed by atoms with Crippen LogP contribution in [-0.2, 0) is 4.79 Å². The molecule has 2 rings (SSSR count). The lowest BCUT2D eigenvalue weighted by Crippen LogP contribution is -2.56. The van der Waals surface area contributed by atoms with Gasteiger partial charge in [-0.05, 0) is 12.1 Å². The maximum Gasteiger partial charge on any atom is 0.420 e. The van der Waals surface area contributed by atoms with Crippen molar-refractivity contribution in [2.45, 2.75) is 33.4 Å². The van der Waals surface area contributed by atoms with Gasteiger partial charge in [-0.15, -0.1) is 4.58 Å². The summed E-state index contributed by atoms with van der Waals surface area (Å²) in [7, 11) is 0. The van der Waals surface area contributed by atoms with E-state index in [4.69, 9.17) is 0 Å². The Kier molecular flexibility index (Phi) is 3.51. The summed E-state index contributed by atoms with van der Waals surface area (Å²) in [5.41, 5.74) is 0.404. The Balaban J connectivity index is 2.36. The van der Waals surface area contributed by atoms with E-state index in [0.717, 1.165) is 0 Å². The van der Waals surface area contributed by atoms with Crippen molar-refractivity contribution >= 4 is 18.0 Å². The van der Waals surface area contributed by atoms with Crippen LogP contribution < -0.4 is 5.32 Å². The van der Waals surface area contributed by atoms with E-state index in [2.05, 4.69) is 5.32 Å². The van der Waals surface area contributed by atoms with Gasteiger partial charge in [-0.1, -0.05) is 39.0 Å². The van der Waals surface area contributed by atoms with Crippen molar-refractivity contribution in [3.05, 3.63) is 35.9 Å². The molecule has 4 nitrogen and oxygen atoms in total. The summed E-state index contributed by atoms with van der Waals surface area (Å²) in [6.07, 6.45) is 1.61. The largest absolute Gasteiger partial charge is 0.420 e.